The molecule has 0 heterocycles. The summed E-state index contributed by atoms with van der Waals surface area (Å²) in [6.45, 7) is 10.3. The van der Waals surface area contributed by atoms with E-state index in [1.807, 2.05) is 18.2 Å². The van der Waals surface area contributed by atoms with Crippen LogP contribution in [0.1, 0.15) is 31.9 Å². The van der Waals surface area contributed by atoms with Crippen molar-refractivity contribution in [1.82, 2.24) is 0 Å². The molecule has 0 saturated heterocycles. The number of halogens is 1. The van der Waals surface area contributed by atoms with E-state index in [1.54, 1.807) is 0 Å². The van der Waals surface area contributed by atoms with Crippen molar-refractivity contribution in [3.05, 3.63) is 41.3 Å². The van der Waals surface area contributed by atoms with Gasteiger partial charge in [-0.1, -0.05) is 44.5 Å². The summed E-state index contributed by atoms with van der Waals surface area (Å²) in [4.78, 5) is 0. The van der Waals surface area contributed by atoms with E-state index in [-0.39, 0.29) is 5.41 Å². The van der Waals surface area contributed by atoms with E-state index < -0.39 is 0 Å². The Labute approximate surface area is 79.6 Å². The highest BCUT2D eigenvalue weighted by Gasteiger charge is 2.16. The molecule has 0 spiro atoms. The molecule has 0 amide bonds. The molecule has 0 bridgehead atoms. The molecule has 0 nitrogen and oxygen atoms in total. The second-order valence-corrected chi connectivity index (χ2v) is 4.47. The standard InChI is InChI=1S/C11H14Cl/c1-8-5-6-9(10(12)7-8)11(2,3)4/h5-7H,1H2,2-4H3. The minimum atomic E-state index is 0.116. The minimum absolute atomic E-state index is 0.116. The molecule has 12 heavy (non-hydrogen) atoms. The monoisotopic (exact) mass is 181 g/mol. The van der Waals surface area contributed by atoms with E-state index in [4.69, 9.17) is 11.6 Å². The number of benzene rings is 1. The SMILES string of the molecule is [CH2]c1ccc(C(C)(C)C)c(Cl)c1. The third-order valence-electron chi connectivity index (χ3n) is 1.84. The molecule has 1 aromatic rings. The Hall–Kier alpha value is -0.490. The maximum atomic E-state index is 6.07. The zero-order valence-electron chi connectivity index (χ0n) is 7.82. The normalized spacial score (nSPS) is 11.8. The third kappa shape index (κ3) is 2.01. The first-order valence-electron chi connectivity index (χ1n) is 4.03. The van der Waals surface area contributed by atoms with Crippen LogP contribution in [0.3, 0.4) is 0 Å². The molecule has 0 aliphatic heterocycles. The van der Waals surface area contributed by atoms with Gasteiger partial charge in [0.25, 0.3) is 0 Å². The fourth-order valence-electron chi connectivity index (χ4n) is 1.17. The van der Waals surface area contributed by atoms with Gasteiger partial charge in [0.2, 0.25) is 0 Å². The topological polar surface area (TPSA) is 0 Å². The van der Waals surface area contributed by atoms with Gasteiger partial charge >= 0.3 is 0 Å². The maximum absolute atomic E-state index is 6.07. The average Bonchev–Trinajstić information content (AvgIpc) is 1.83. The zero-order valence-corrected chi connectivity index (χ0v) is 8.57. The summed E-state index contributed by atoms with van der Waals surface area (Å²) in [7, 11) is 0. The van der Waals surface area contributed by atoms with Crippen molar-refractivity contribution in [2.45, 2.75) is 26.2 Å². The molecule has 0 atom stereocenters. The summed E-state index contributed by atoms with van der Waals surface area (Å²) in [6.07, 6.45) is 0. The Morgan fingerprint density at radius 3 is 2.25 bits per heavy atom. The van der Waals surface area contributed by atoms with Crippen molar-refractivity contribution < 1.29 is 0 Å². The molecule has 1 rings (SSSR count). The first kappa shape index (κ1) is 9.60. The first-order valence-corrected chi connectivity index (χ1v) is 4.41. The van der Waals surface area contributed by atoms with E-state index >= 15 is 0 Å². The van der Waals surface area contributed by atoms with E-state index in [9.17, 15) is 0 Å². The van der Waals surface area contributed by atoms with E-state index in [0.29, 0.717) is 0 Å². The zero-order chi connectivity index (χ0) is 9.35. The van der Waals surface area contributed by atoms with Gasteiger partial charge in [-0.3, -0.25) is 0 Å². The van der Waals surface area contributed by atoms with Gasteiger partial charge < -0.3 is 0 Å². The molecular weight excluding hydrogens is 168 g/mol. The molecule has 1 heteroatoms. The lowest BCUT2D eigenvalue weighted by Crippen LogP contribution is -2.11. The highest BCUT2D eigenvalue weighted by Crippen LogP contribution is 2.29. The van der Waals surface area contributed by atoms with Crippen LogP contribution in [0, 0.1) is 6.92 Å². The molecule has 0 unspecified atom stereocenters. The third-order valence-corrected chi connectivity index (χ3v) is 2.15. The van der Waals surface area contributed by atoms with Crippen LogP contribution >= 0.6 is 11.6 Å². The van der Waals surface area contributed by atoms with Gasteiger partial charge in [0.1, 0.15) is 0 Å². The van der Waals surface area contributed by atoms with Crippen LogP contribution in [-0.2, 0) is 5.41 Å². The fraction of sp³-hybridized carbons (Fsp3) is 0.364. The molecule has 0 fully saturated rings. The van der Waals surface area contributed by atoms with Gasteiger partial charge in [0.15, 0.2) is 0 Å². The van der Waals surface area contributed by atoms with Gasteiger partial charge in [0, 0.05) is 5.02 Å². The van der Waals surface area contributed by atoms with Gasteiger partial charge in [-0.15, -0.1) is 0 Å². The van der Waals surface area contributed by atoms with Crippen molar-refractivity contribution in [3.63, 3.8) is 0 Å². The molecule has 0 aliphatic carbocycles. The maximum Gasteiger partial charge on any atom is 0.0446 e. The van der Waals surface area contributed by atoms with Gasteiger partial charge in [-0.25, -0.2) is 0 Å². The Morgan fingerprint density at radius 2 is 1.83 bits per heavy atom. The van der Waals surface area contributed by atoms with Crippen molar-refractivity contribution in [2.24, 2.45) is 0 Å². The Balaban J connectivity index is 3.19. The molecule has 0 saturated carbocycles. The van der Waals surface area contributed by atoms with E-state index in [1.165, 1.54) is 5.56 Å². The van der Waals surface area contributed by atoms with Gasteiger partial charge in [-0.05, 0) is 29.5 Å². The summed E-state index contributed by atoms with van der Waals surface area (Å²) >= 11 is 6.07. The first-order chi connectivity index (χ1) is 5.41. The summed E-state index contributed by atoms with van der Waals surface area (Å²) in [6, 6.07) is 5.94. The second kappa shape index (κ2) is 3.10. The Bertz CT molecular complexity index is 282. The molecule has 65 valence electrons. The summed E-state index contributed by atoms with van der Waals surface area (Å²) in [5.41, 5.74) is 2.26. The lowest BCUT2D eigenvalue weighted by atomic mass is 9.86. The summed E-state index contributed by atoms with van der Waals surface area (Å²) in [5.74, 6) is 0. The highest BCUT2D eigenvalue weighted by atomic mass is 35.5. The molecule has 1 radical (unpaired) electrons. The number of hydrogen-bond donors (Lipinski definition) is 0. The minimum Gasteiger partial charge on any atom is -0.0840 e. The predicted octanol–water partition coefficient (Wildman–Crippen LogP) is 3.82. The van der Waals surface area contributed by atoms with Crippen molar-refractivity contribution >= 4 is 11.6 Å². The number of hydrogen-bond acceptors (Lipinski definition) is 0. The fourth-order valence-corrected chi connectivity index (χ4v) is 1.65. The van der Waals surface area contributed by atoms with Crippen molar-refractivity contribution in [2.75, 3.05) is 0 Å². The number of rotatable bonds is 0. The Morgan fingerprint density at radius 1 is 1.25 bits per heavy atom. The van der Waals surface area contributed by atoms with Crippen molar-refractivity contribution in [3.8, 4) is 0 Å². The second-order valence-electron chi connectivity index (χ2n) is 4.06. The van der Waals surface area contributed by atoms with Crippen LogP contribution in [0.15, 0.2) is 18.2 Å². The van der Waals surface area contributed by atoms with Gasteiger partial charge in [0.05, 0.1) is 0 Å². The largest absolute Gasteiger partial charge is 0.0840 e. The quantitative estimate of drug-likeness (QED) is 0.571. The van der Waals surface area contributed by atoms with E-state index in [2.05, 4.69) is 27.7 Å². The van der Waals surface area contributed by atoms with Crippen LogP contribution in [0.2, 0.25) is 5.02 Å². The highest BCUT2D eigenvalue weighted by molar-refractivity contribution is 6.31. The van der Waals surface area contributed by atoms with Gasteiger partial charge in [-0.2, -0.15) is 0 Å². The predicted molar refractivity (Wildman–Crippen MR) is 54.6 cm³/mol. The molecule has 0 aliphatic rings. The van der Waals surface area contributed by atoms with Crippen LogP contribution < -0.4 is 0 Å². The molecule has 0 N–H and O–H groups in total. The van der Waals surface area contributed by atoms with Crippen LogP contribution in [-0.4, -0.2) is 0 Å². The van der Waals surface area contributed by atoms with Crippen LogP contribution in [0.25, 0.3) is 0 Å². The summed E-state index contributed by atoms with van der Waals surface area (Å²) < 4.78 is 0. The van der Waals surface area contributed by atoms with Crippen molar-refractivity contribution in [1.29, 1.82) is 0 Å². The lowest BCUT2D eigenvalue weighted by Gasteiger charge is -2.20. The molecule has 1 aromatic carbocycles. The van der Waals surface area contributed by atoms with Crippen LogP contribution in [0.4, 0.5) is 0 Å². The molecule has 0 aromatic heterocycles. The Kier molecular flexibility index (Phi) is 2.48. The van der Waals surface area contributed by atoms with Crippen LogP contribution in [0.5, 0.6) is 0 Å². The van der Waals surface area contributed by atoms with E-state index in [0.717, 1.165) is 10.6 Å². The average molecular weight is 182 g/mol. The lowest BCUT2D eigenvalue weighted by molar-refractivity contribution is 0.590. The smallest absolute Gasteiger partial charge is 0.0446 e. The summed E-state index contributed by atoms with van der Waals surface area (Å²) in [5, 5.41) is 0.815. The molecular formula is C11H14Cl.